The molecule has 2 rings (SSSR count). The van der Waals surface area contributed by atoms with Crippen LogP contribution in [-0.4, -0.2) is 23.5 Å². The molecule has 0 saturated carbocycles. The molecule has 1 atom stereocenters. The van der Waals surface area contributed by atoms with Gasteiger partial charge >= 0.3 is 5.97 Å². The maximum absolute atomic E-state index is 12.3. The Balaban J connectivity index is 2.01. The summed E-state index contributed by atoms with van der Waals surface area (Å²) in [6.45, 7) is -0.338. The van der Waals surface area contributed by atoms with Gasteiger partial charge in [0.25, 0.3) is 0 Å². The van der Waals surface area contributed by atoms with Gasteiger partial charge in [0.05, 0.1) is 0 Å². The summed E-state index contributed by atoms with van der Waals surface area (Å²) >= 11 is 0. The van der Waals surface area contributed by atoms with Gasteiger partial charge in [-0.2, -0.15) is 0 Å². The quantitative estimate of drug-likeness (QED) is 0.787. The van der Waals surface area contributed by atoms with E-state index in [2.05, 4.69) is 5.32 Å². The fourth-order valence-corrected chi connectivity index (χ4v) is 2.52. The lowest BCUT2D eigenvalue weighted by Gasteiger charge is -2.16. The summed E-state index contributed by atoms with van der Waals surface area (Å²) < 4.78 is 0. The van der Waals surface area contributed by atoms with E-state index in [1.165, 1.54) is 5.56 Å². The minimum Gasteiger partial charge on any atom is -0.480 e. The van der Waals surface area contributed by atoms with Gasteiger partial charge in [0.2, 0.25) is 5.91 Å². The average Bonchev–Trinajstić information content (AvgIpc) is 2.58. The van der Waals surface area contributed by atoms with Crippen LogP contribution in [0.5, 0.6) is 0 Å². The van der Waals surface area contributed by atoms with Crippen molar-refractivity contribution >= 4 is 11.9 Å². The number of hydrogen-bond acceptors (Lipinski definition) is 2. The van der Waals surface area contributed by atoms with E-state index < -0.39 is 5.97 Å². The number of carboxylic acids is 1. The van der Waals surface area contributed by atoms with Crippen molar-refractivity contribution in [3.63, 3.8) is 0 Å². The molecule has 0 fully saturated rings. The van der Waals surface area contributed by atoms with Crippen LogP contribution in [0.2, 0.25) is 0 Å². The largest absolute Gasteiger partial charge is 0.480 e. The van der Waals surface area contributed by atoms with E-state index in [1.54, 1.807) is 0 Å². The van der Waals surface area contributed by atoms with Crippen molar-refractivity contribution in [2.24, 2.45) is 5.92 Å². The van der Waals surface area contributed by atoms with Gasteiger partial charge in [0.15, 0.2) is 0 Å². The van der Waals surface area contributed by atoms with Gasteiger partial charge in [-0.05, 0) is 30.4 Å². The van der Waals surface area contributed by atoms with Crippen molar-refractivity contribution in [3.8, 4) is 0 Å². The Morgan fingerprint density at radius 1 is 0.913 bits per heavy atom. The maximum Gasteiger partial charge on any atom is 0.322 e. The lowest BCUT2D eigenvalue weighted by molar-refractivity contribution is -0.138. The Labute approximate surface area is 136 Å². The minimum absolute atomic E-state index is 0.202. The molecule has 2 N–H and O–H groups in total. The molecule has 0 aliphatic rings. The highest BCUT2D eigenvalue weighted by molar-refractivity contribution is 5.83. The predicted molar refractivity (Wildman–Crippen MR) is 89.0 cm³/mol. The monoisotopic (exact) mass is 311 g/mol. The molecule has 2 aromatic rings. The van der Waals surface area contributed by atoms with Crippen molar-refractivity contribution < 1.29 is 14.7 Å². The van der Waals surface area contributed by atoms with Gasteiger partial charge in [-0.15, -0.1) is 0 Å². The Bertz CT molecular complexity index is 626. The molecule has 4 nitrogen and oxygen atoms in total. The highest BCUT2D eigenvalue weighted by atomic mass is 16.4. The molecule has 0 heterocycles. The van der Waals surface area contributed by atoms with E-state index in [0.717, 1.165) is 12.0 Å². The minimum atomic E-state index is -1.03. The van der Waals surface area contributed by atoms with E-state index in [0.29, 0.717) is 12.8 Å². The van der Waals surface area contributed by atoms with Gasteiger partial charge in [-0.1, -0.05) is 60.7 Å². The number of nitrogens with one attached hydrogen (secondary N) is 1. The normalized spacial score (nSPS) is 11.7. The lowest BCUT2D eigenvalue weighted by atomic mass is 9.92. The van der Waals surface area contributed by atoms with E-state index in [1.807, 2.05) is 60.7 Å². The Morgan fingerprint density at radius 3 is 2.04 bits per heavy atom. The van der Waals surface area contributed by atoms with Crippen molar-refractivity contribution in [1.29, 1.82) is 0 Å². The van der Waals surface area contributed by atoms with Crippen molar-refractivity contribution in [1.82, 2.24) is 5.32 Å². The van der Waals surface area contributed by atoms with Gasteiger partial charge in [0, 0.05) is 5.92 Å². The Kier molecular flexibility index (Phi) is 6.36. The third-order valence-corrected chi connectivity index (χ3v) is 3.73. The van der Waals surface area contributed by atoms with Crippen LogP contribution in [0, 0.1) is 5.92 Å². The van der Waals surface area contributed by atoms with Crippen LogP contribution in [-0.2, 0) is 22.4 Å². The molecule has 1 unspecified atom stereocenters. The molecule has 0 aliphatic heterocycles. The third kappa shape index (κ3) is 5.94. The first-order chi connectivity index (χ1) is 11.1. The van der Waals surface area contributed by atoms with Gasteiger partial charge < -0.3 is 10.4 Å². The molecular weight excluding hydrogens is 290 g/mol. The number of carboxylic acid groups (broad SMARTS) is 1. The van der Waals surface area contributed by atoms with Crippen molar-refractivity contribution in [2.75, 3.05) is 6.54 Å². The molecule has 0 saturated heterocycles. The Morgan fingerprint density at radius 2 is 1.48 bits per heavy atom. The number of rotatable bonds is 8. The molecule has 4 heteroatoms. The van der Waals surface area contributed by atoms with Gasteiger partial charge in [0.1, 0.15) is 6.54 Å². The van der Waals surface area contributed by atoms with E-state index in [9.17, 15) is 9.59 Å². The second-order valence-electron chi connectivity index (χ2n) is 5.52. The molecule has 120 valence electrons. The number of hydrogen-bond donors (Lipinski definition) is 2. The molecule has 0 radical (unpaired) electrons. The smallest absolute Gasteiger partial charge is 0.322 e. The lowest BCUT2D eigenvalue weighted by Crippen LogP contribution is -2.35. The van der Waals surface area contributed by atoms with Crippen molar-refractivity contribution in [3.05, 3.63) is 71.8 Å². The second kappa shape index (κ2) is 8.73. The summed E-state index contributed by atoms with van der Waals surface area (Å²) in [6.07, 6.45) is 2.09. The molecular formula is C19H21NO3. The first kappa shape index (κ1) is 16.7. The Hall–Kier alpha value is -2.62. The van der Waals surface area contributed by atoms with Crippen LogP contribution >= 0.6 is 0 Å². The second-order valence-corrected chi connectivity index (χ2v) is 5.52. The molecule has 0 aromatic heterocycles. The van der Waals surface area contributed by atoms with Crippen LogP contribution < -0.4 is 5.32 Å². The summed E-state index contributed by atoms with van der Waals surface area (Å²) in [6, 6.07) is 19.8. The number of carbonyl (C=O) groups is 2. The first-order valence-corrected chi connectivity index (χ1v) is 7.72. The summed E-state index contributed by atoms with van der Waals surface area (Å²) in [4.78, 5) is 22.9. The van der Waals surface area contributed by atoms with E-state index in [-0.39, 0.29) is 18.4 Å². The number of benzene rings is 2. The number of carbonyl (C=O) groups excluding carboxylic acids is 1. The summed E-state index contributed by atoms with van der Waals surface area (Å²) in [5.74, 6) is -1.47. The number of amides is 1. The zero-order valence-corrected chi connectivity index (χ0v) is 12.9. The predicted octanol–water partition coefficient (Wildman–Crippen LogP) is 2.68. The fourth-order valence-electron chi connectivity index (χ4n) is 2.52. The topological polar surface area (TPSA) is 66.4 Å². The van der Waals surface area contributed by atoms with Gasteiger partial charge in [-0.25, -0.2) is 0 Å². The molecule has 2 aromatic carbocycles. The zero-order chi connectivity index (χ0) is 16.5. The third-order valence-electron chi connectivity index (χ3n) is 3.73. The molecule has 1 amide bonds. The van der Waals surface area contributed by atoms with Crippen LogP contribution in [0.4, 0.5) is 0 Å². The fraction of sp³-hybridized carbons (Fsp3) is 0.263. The standard InChI is InChI=1S/C19H21NO3/c21-18(22)14-20-19(23)17(13-16-9-5-2-6-10-16)12-11-15-7-3-1-4-8-15/h1-10,17H,11-14H2,(H,20,23)(H,21,22). The average molecular weight is 311 g/mol. The SMILES string of the molecule is O=C(O)CNC(=O)C(CCc1ccccc1)Cc1ccccc1. The molecule has 23 heavy (non-hydrogen) atoms. The van der Waals surface area contributed by atoms with Crippen molar-refractivity contribution in [2.45, 2.75) is 19.3 Å². The highest BCUT2D eigenvalue weighted by Gasteiger charge is 2.19. The molecule has 0 aliphatic carbocycles. The van der Waals surface area contributed by atoms with E-state index in [4.69, 9.17) is 5.11 Å². The van der Waals surface area contributed by atoms with Crippen LogP contribution in [0.25, 0.3) is 0 Å². The van der Waals surface area contributed by atoms with Gasteiger partial charge in [-0.3, -0.25) is 9.59 Å². The van der Waals surface area contributed by atoms with E-state index >= 15 is 0 Å². The summed E-state index contributed by atoms with van der Waals surface area (Å²) in [7, 11) is 0. The summed E-state index contributed by atoms with van der Waals surface area (Å²) in [5.41, 5.74) is 2.26. The first-order valence-electron chi connectivity index (χ1n) is 7.72. The molecule has 0 spiro atoms. The van der Waals surface area contributed by atoms with Crippen LogP contribution in [0.1, 0.15) is 17.5 Å². The van der Waals surface area contributed by atoms with Crippen LogP contribution in [0.3, 0.4) is 0 Å². The maximum atomic E-state index is 12.3. The molecule has 0 bridgehead atoms. The number of aryl methyl sites for hydroxylation is 1. The highest BCUT2D eigenvalue weighted by Crippen LogP contribution is 2.16. The summed E-state index contributed by atoms with van der Waals surface area (Å²) in [5, 5.41) is 11.2. The number of aliphatic carboxylic acids is 1. The van der Waals surface area contributed by atoms with Crippen LogP contribution in [0.15, 0.2) is 60.7 Å². The zero-order valence-electron chi connectivity index (χ0n) is 12.9.